The lowest BCUT2D eigenvalue weighted by molar-refractivity contribution is -0.137. The maximum atomic E-state index is 13.8. The molecule has 2 aliphatic heterocycles. The summed E-state index contributed by atoms with van der Waals surface area (Å²) in [6.45, 7) is 5.53. The van der Waals surface area contributed by atoms with E-state index in [4.69, 9.17) is 4.74 Å². The van der Waals surface area contributed by atoms with Crippen LogP contribution in [0.5, 0.6) is 0 Å². The van der Waals surface area contributed by atoms with Crippen molar-refractivity contribution in [2.75, 3.05) is 37.7 Å². The van der Waals surface area contributed by atoms with Gasteiger partial charge >= 0.3 is 6.18 Å². The van der Waals surface area contributed by atoms with Crippen LogP contribution in [0.15, 0.2) is 36.4 Å². The number of ether oxygens (including phenoxy) is 1. The fourth-order valence-corrected chi connectivity index (χ4v) is 4.27. The molecule has 0 bridgehead atoms. The van der Waals surface area contributed by atoms with Crippen molar-refractivity contribution in [3.05, 3.63) is 42.0 Å². The second-order valence-corrected chi connectivity index (χ2v) is 7.71. The Bertz CT molecular complexity index is 822. The summed E-state index contributed by atoms with van der Waals surface area (Å²) >= 11 is 0. The van der Waals surface area contributed by atoms with E-state index >= 15 is 0 Å². The molecule has 156 valence electrons. The molecular formula is C21H25F3N4O. The Morgan fingerprint density at radius 2 is 1.76 bits per heavy atom. The molecule has 4 rings (SSSR count). The van der Waals surface area contributed by atoms with Gasteiger partial charge < -0.3 is 9.64 Å². The van der Waals surface area contributed by atoms with Gasteiger partial charge in [-0.3, -0.25) is 4.90 Å². The van der Waals surface area contributed by atoms with Crippen LogP contribution in [0, 0.1) is 0 Å². The first-order chi connectivity index (χ1) is 13.9. The van der Waals surface area contributed by atoms with E-state index in [9.17, 15) is 13.2 Å². The lowest BCUT2D eigenvalue weighted by atomic mass is 10.00. The third kappa shape index (κ3) is 4.38. The third-order valence-corrected chi connectivity index (χ3v) is 5.80. The molecule has 1 atom stereocenters. The minimum Gasteiger partial charge on any atom is -0.379 e. The van der Waals surface area contributed by atoms with Crippen molar-refractivity contribution < 1.29 is 17.9 Å². The molecule has 1 unspecified atom stereocenters. The van der Waals surface area contributed by atoms with Crippen molar-refractivity contribution in [3.63, 3.8) is 0 Å². The van der Waals surface area contributed by atoms with E-state index in [1.807, 2.05) is 6.07 Å². The predicted molar refractivity (Wildman–Crippen MR) is 105 cm³/mol. The minimum atomic E-state index is -4.48. The van der Waals surface area contributed by atoms with Crippen molar-refractivity contribution in [1.29, 1.82) is 0 Å². The van der Waals surface area contributed by atoms with E-state index in [0.29, 0.717) is 37.3 Å². The molecule has 8 heteroatoms. The van der Waals surface area contributed by atoms with Gasteiger partial charge in [-0.15, -0.1) is 10.2 Å². The summed E-state index contributed by atoms with van der Waals surface area (Å²) in [5.74, 6) is -0.0642. The molecule has 1 aromatic carbocycles. The number of morpholine rings is 1. The Kier molecular flexibility index (Phi) is 5.74. The highest BCUT2D eigenvalue weighted by Gasteiger charge is 2.38. The Balaban J connectivity index is 1.54. The monoisotopic (exact) mass is 406 g/mol. The summed E-state index contributed by atoms with van der Waals surface area (Å²) in [6, 6.07) is 10.7. The quantitative estimate of drug-likeness (QED) is 0.775. The molecule has 0 amide bonds. The lowest BCUT2D eigenvalue weighted by Gasteiger charge is -2.43. The van der Waals surface area contributed by atoms with Gasteiger partial charge in [-0.25, -0.2) is 0 Å². The molecule has 5 nitrogen and oxygen atoms in total. The second-order valence-electron chi connectivity index (χ2n) is 7.71. The second kappa shape index (κ2) is 8.28. The molecule has 29 heavy (non-hydrogen) atoms. The topological polar surface area (TPSA) is 41.5 Å². The zero-order chi connectivity index (χ0) is 20.4. The van der Waals surface area contributed by atoms with Crippen LogP contribution in [-0.2, 0) is 10.9 Å². The molecule has 2 aromatic rings. The number of aromatic nitrogens is 2. The number of rotatable bonds is 3. The minimum absolute atomic E-state index is 0.0642. The molecule has 2 fully saturated rings. The first-order valence-electron chi connectivity index (χ1n) is 10.0. The molecule has 2 saturated heterocycles. The van der Waals surface area contributed by atoms with Crippen LogP contribution in [-0.4, -0.2) is 60.0 Å². The summed E-state index contributed by atoms with van der Waals surface area (Å²) in [5.41, 5.74) is 0.139. The van der Waals surface area contributed by atoms with E-state index in [-0.39, 0.29) is 11.5 Å². The number of nitrogens with zero attached hydrogens (tertiary/aromatic N) is 4. The van der Waals surface area contributed by atoms with Crippen molar-refractivity contribution >= 4 is 5.82 Å². The number of hydrogen-bond acceptors (Lipinski definition) is 5. The maximum Gasteiger partial charge on any atom is 0.420 e. The van der Waals surface area contributed by atoms with Crippen LogP contribution < -0.4 is 4.90 Å². The van der Waals surface area contributed by atoms with E-state index in [0.717, 1.165) is 32.1 Å². The van der Waals surface area contributed by atoms with E-state index in [2.05, 4.69) is 22.0 Å². The molecule has 0 N–H and O–H groups in total. The fraction of sp³-hybridized carbons (Fsp3) is 0.524. The van der Waals surface area contributed by atoms with Crippen molar-refractivity contribution in [2.45, 2.75) is 38.0 Å². The first kappa shape index (κ1) is 20.1. The highest BCUT2D eigenvalue weighted by Crippen LogP contribution is 2.38. The van der Waals surface area contributed by atoms with E-state index in [1.165, 1.54) is 0 Å². The molecule has 1 aromatic heterocycles. The van der Waals surface area contributed by atoms with Crippen LogP contribution in [0.4, 0.5) is 19.0 Å². The summed E-state index contributed by atoms with van der Waals surface area (Å²) in [4.78, 5) is 4.15. The SMILES string of the molecule is CC1COCCN1C1CCN(c2nnc(-c3ccccc3)cc2C(F)(F)F)CC1. The van der Waals surface area contributed by atoms with Gasteiger partial charge in [0, 0.05) is 37.3 Å². The number of hydrogen-bond donors (Lipinski definition) is 0. The van der Waals surface area contributed by atoms with Crippen LogP contribution in [0.2, 0.25) is 0 Å². The van der Waals surface area contributed by atoms with Gasteiger partial charge in [0.2, 0.25) is 0 Å². The van der Waals surface area contributed by atoms with Crippen LogP contribution in [0.3, 0.4) is 0 Å². The fourth-order valence-electron chi connectivity index (χ4n) is 4.27. The number of halogens is 3. The zero-order valence-electron chi connectivity index (χ0n) is 16.4. The Morgan fingerprint density at radius 3 is 2.41 bits per heavy atom. The molecular weight excluding hydrogens is 381 g/mol. The molecule has 0 spiro atoms. The van der Waals surface area contributed by atoms with Crippen LogP contribution in [0.25, 0.3) is 11.3 Å². The van der Waals surface area contributed by atoms with Gasteiger partial charge in [-0.2, -0.15) is 13.2 Å². The average molecular weight is 406 g/mol. The van der Waals surface area contributed by atoms with Crippen LogP contribution >= 0.6 is 0 Å². The van der Waals surface area contributed by atoms with Gasteiger partial charge in [0.1, 0.15) is 5.56 Å². The number of anilines is 1. The highest BCUT2D eigenvalue weighted by molar-refractivity contribution is 5.62. The Morgan fingerprint density at radius 1 is 1.03 bits per heavy atom. The largest absolute Gasteiger partial charge is 0.420 e. The molecule has 0 saturated carbocycles. The van der Waals surface area contributed by atoms with Crippen molar-refractivity contribution in [3.8, 4) is 11.3 Å². The number of benzene rings is 1. The summed E-state index contributed by atoms with van der Waals surface area (Å²) < 4.78 is 46.9. The van der Waals surface area contributed by atoms with Gasteiger partial charge in [0.05, 0.1) is 18.9 Å². The van der Waals surface area contributed by atoms with Crippen LogP contribution in [0.1, 0.15) is 25.3 Å². The summed E-state index contributed by atoms with van der Waals surface area (Å²) in [5, 5.41) is 8.12. The molecule has 0 radical (unpaired) electrons. The molecule has 0 aliphatic carbocycles. The highest BCUT2D eigenvalue weighted by atomic mass is 19.4. The lowest BCUT2D eigenvalue weighted by Crippen LogP contribution is -2.53. The third-order valence-electron chi connectivity index (χ3n) is 5.80. The maximum absolute atomic E-state index is 13.8. The average Bonchev–Trinajstić information content (AvgIpc) is 2.74. The summed E-state index contributed by atoms with van der Waals surface area (Å²) in [6.07, 6.45) is -2.86. The smallest absolute Gasteiger partial charge is 0.379 e. The normalized spacial score (nSPS) is 22.1. The van der Waals surface area contributed by atoms with Crippen molar-refractivity contribution in [1.82, 2.24) is 15.1 Å². The summed E-state index contributed by atoms with van der Waals surface area (Å²) in [7, 11) is 0. The van der Waals surface area contributed by atoms with E-state index < -0.39 is 11.7 Å². The van der Waals surface area contributed by atoms with Gasteiger partial charge in [0.25, 0.3) is 0 Å². The Labute approximate surface area is 168 Å². The van der Waals surface area contributed by atoms with Gasteiger partial charge in [0.15, 0.2) is 5.82 Å². The Hall–Kier alpha value is -2.19. The molecule has 2 aliphatic rings. The first-order valence-corrected chi connectivity index (χ1v) is 10.0. The number of piperidine rings is 1. The van der Waals surface area contributed by atoms with Crippen molar-refractivity contribution in [2.24, 2.45) is 0 Å². The van der Waals surface area contributed by atoms with E-state index in [1.54, 1.807) is 29.2 Å². The predicted octanol–water partition coefficient (Wildman–Crippen LogP) is 3.85. The standard InChI is InChI=1S/C21H25F3N4O/c1-15-14-29-12-11-28(15)17-7-9-27(10-8-17)20-18(21(22,23)24)13-19(25-26-20)16-5-3-2-4-6-16/h2-6,13,15,17H,7-12,14H2,1H3. The zero-order valence-corrected chi connectivity index (χ0v) is 16.4. The van der Waals surface area contributed by atoms with Gasteiger partial charge in [-0.05, 0) is 25.8 Å². The van der Waals surface area contributed by atoms with Gasteiger partial charge in [-0.1, -0.05) is 30.3 Å². The molecule has 3 heterocycles. The number of alkyl halides is 3.